The second-order valence-corrected chi connectivity index (χ2v) is 11.2. The van der Waals surface area contributed by atoms with Crippen LogP contribution in [0, 0.1) is 6.92 Å². The third-order valence-corrected chi connectivity index (χ3v) is 8.50. The van der Waals surface area contributed by atoms with E-state index in [0.29, 0.717) is 33.3 Å². The van der Waals surface area contributed by atoms with Gasteiger partial charge in [-0.25, -0.2) is 16.8 Å². The van der Waals surface area contributed by atoms with E-state index < -0.39 is 20.0 Å². The highest BCUT2D eigenvalue weighted by atomic mass is 32.2. The maximum Gasteiger partial charge on any atom is 0.262 e. The van der Waals surface area contributed by atoms with E-state index >= 15 is 0 Å². The normalized spacial score (nSPS) is 13.0. The standard InChI is InChI=1S/C24H19N3O5S2/c1-15-10-11-17(14-22(15)34(31,32)26-16-6-3-2-4-7-16)27-33(29,30)21-13-12-20-23-18(21)8-5-9-19(23)24(28)25-20/h2-14,26-27H,1H3,(H,25,28). The molecule has 172 valence electrons. The molecule has 4 aromatic rings. The molecule has 1 amide bonds. The summed E-state index contributed by atoms with van der Waals surface area (Å²) in [6.45, 7) is 1.63. The lowest BCUT2D eigenvalue weighted by molar-refractivity contribution is 0.103. The molecule has 1 heterocycles. The third kappa shape index (κ3) is 3.76. The van der Waals surface area contributed by atoms with Crippen LogP contribution in [0.1, 0.15) is 15.9 Å². The SMILES string of the molecule is Cc1ccc(NS(=O)(=O)c2ccc3c4c(cccc24)C(=O)N3)cc1S(=O)(=O)Nc1ccccc1. The average molecular weight is 494 g/mol. The lowest BCUT2D eigenvalue weighted by Gasteiger charge is -2.14. The molecular formula is C24H19N3O5S2. The van der Waals surface area contributed by atoms with Crippen molar-refractivity contribution in [1.82, 2.24) is 0 Å². The number of aryl methyl sites for hydroxylation is 1. The van der Waals surface area contributed by atoms with Crippen LogP contribution in [-0.4, -0.2) is 22.7 Å². The van der Waals surface area contributed by atoms with Gasteiger partial charge in [0.15, 0.2) is 0 Å². The van der Waals surface area contributed by atoms with Crippen molar-refractivity contribution in [3.8, 4) is 0 Å². The summed E-state index contributed by atoms with van der Waals surface area (Å²) in [5, 5.41) is 3.65. The zero-order valence-corrected chi connectivity index (χ0v) is 19.5. The van der Waals surface area contributed by atoms with Gasteiger partial charge in [-0.15, -0.1) is 0 Å². The summed E-state index contributed by atoms with van der Waals surface area (Å²) in [4.78, 5) is 12.1. The fourth-order valence-electron chi connectivity index (χ4n) is 3.98. The van der Waals surface area contributed by atoms with E-state index in [-0.39, 0.29) is 21.4 Å². The van der Waals surface area contributed by atoms with Crippen molar-refractivity contribution in [3.05, 3.63) is 90.0 Å². The molecule has 4 aromatic carbocycles. The van der Waals surface area contributed by atoms with Gasteiger partial charge in [-0.05, 0) is 55.0 Å². The number of para-hydroxylation sites is 1. The Hall–Kier alpha value is -3.89. The monoisotopic (exact) mass is 493 g/mol. The van der Waals surface area contributed by atoms with Crippen molar-refractivity contribution in [2.24, 2.45) is 0 Å². The van der Waals surface area contributed by atoms with Gasteiger partial charge in [0, 0.05) is 27.7 Å². The van der Waals surface area contributed by atoms with E-state index in [1.165, 1.54) is 24.3 Å². The Balaban J connectivity index is 1.52. The summed E-state index contributed by atoms with van der Waals surface area (Å²) in [5.41, 5.74) is 1.90. The molecule has 0 aromatic heterocycles. The first kappa shape index (κ1) is 21.9. The van der Waals surface area contributed by atoms with Crippen LogP contribution in [0.25, 0.3) is 10.8 Å². The van der Waals surface area contributed by atoms with Gasteiger partial charge in [0.2, 0.25) is 0 Å². The van der Waals surface area contributed by atoms with Gasteiger partial charge >= 0.3 is 0 Å². The maximum absolute atomic E-state index is 13.3. The molecule has 1 aliphatic heterocycles. The maximum atomic E-state index is 13.3. The van der Waals surface area contributed by atoms with Crippen LogP contribution in [0.5, 0.6) is 0 Å². The van der Waals surface area contributed by atoms with Crippen molar-refractivity contribution in [1.29, 1.82) is 0 Å². The van der Waals surface area contributed by atoms with E-state index in [9.17, 15) is 21.6 Å². The van der Waals surface area contributed by atoms with Crippen LogP contribution < -0.4 is 14.8 Å². The topological polar surface area (TPSA) is 121 Å². The van der Waals surface area contributed by atoms with Crippen LogP contribution in [-0.2, 0) is 20.0 Å². The zero-order chi connectivity index (χ0) is 24.1. The molecule has 3 N–H and O–H groups in total. The average Bonchev–Trinajstić information content (AvgIpc) is 3.12. The molecule has 1 aliphatic rings. The molecule has 0 spiro atoms. The van der Waals surface area contributed by atoms with Gasteiger partial charge in [-0.2, -0.15) is 0 Å². The number of carbonyl (C=O) groups is 1. The molecule has 0 atom stereocenters. The van der Waals surface area contributed by atoms with Crippen LogP contribution in [0.3, 0.4) is 0 Å². The number of nitrogens with one attached hydrogen (secondary N) is 3. The first-order chi connectivity index (χ1) is 16.2. The molecule has 0 fully saturated rings. The van der Waals surface area contributed by atoms with Crippen LogP contribution in [0.15, 0.2) is 88.7 Å². The Morgan fingerprint density at radius 3 is 2.18 bits per heavy atom. The molecule has 0 saturated heterocycles. The highest BCUT2D eigenvalue weighted by Crippen LogP contribution is 2.37. The van der Waals surface area contributed by atoms with E-state index in [1.54, 1.807) is 61.5 Å². The van der Waals surface area contributed by atoms with Gasteiger partial charge in [0.05, 0.1) is 15.5 Å². The second-order valence-electron chi connectivity index (χ2n) is 7.85. The summed E-state index contributed by atoms with van der Waals surface area (Å²) in [6, 6.07) is 20.6. The summed E-state index contributed by atoms with van der Waals surface area (Å²) >= 11 is 0. The highest BCUT2D eigenvalue weighted by molar-refractivity contribution is 7.93. The molecule has 0 radical (unpaired) electrons. The second kappa shape index (κ2) is 7.86. The van der Waals surface area contributed by atoms with Crippen LogP contribution >= 0.6 is 0 Å². The van der Waals surface area contributed by atoms with Gasteiger partial charge in [-0.3, -0.25) is 14.2 Å². The van der Waals surface area contributed by atoms with Gasteiger partial charge in [0.1, 0.15) is 0 Å². The summed E-state index contributed by atoms with van der Waals surface area (Å²) in [5.74, 6) is -0.289. The number of hydrogen-bond acceptors (Lipinski definition) is 5. The summed E-state index contributed by atoms with van der Waals surface area (Å²) in [6.07, 6.45) is 0. The Kier molecular flexibility index (Phi) is 5.07. The summed E-state index contributed by atoms with van der Waals surface area (Å²) in [7, 11) is -8.06. The number of hydrogen-bond donors (Lipinski definition) is 3. The first-order valence-corrected chi connectivity index (χ1v) is 13.2. The predicted molar refractivity (Wildman–Crippen MR) is 131 cm³/mol. The Morgan fingerprint density at radius 1 is 0.706 bits per heavy atom. The fraction of sp³-hybridized carbons (Fsp3) is 0.0417. The van der Waals surface area contributed by atoms with Crippen LogP contribution in [0.2, 0.25) is 0 Å². The Morgan fingerprint density at radius 2 is 1.41 bits per heavy atom. The zero-order valence-electron chi connectivity index (χ0n) is 17.9. The number of rotatable bonds is 6. The number of benzene rings is 4. The van der Waals surface area contributed by atoms with E-state index in [0.717, 1.165) is 0 Å². The van der Waals surface area contributed by atoms with E-state index in [4.69, 9.17) is 0 Å². The minimum absolute atomic E-state index is 0.0167. The van der Waals surface area contributed by atoms with Crippen molar-refractivity contribution in [2.45, 2.75) is 16.7 Å². The van der Waals surface area contributed by atoms with E-state index in [2.05, 4.69) is 14.8 Å². The minimum atomic E-state index is -4.10. The van der Waals surface area contributed by atoms with Crippen molar-refractivity contribution in [2.75, 3.05) is 14.8 Å². The molecule has 0 bridgehead atoms. The smallest absolute Gasteiger partial charge is 0.262 e. The predicted octanol–water partition coefficient (Wildman–Crippen LogP) is 4.32. The number of carbonyl (C=O) groups excluding carboxylic acids is 1. The van der Waals surface area contributed by atoms with Gasteiger partial charge in [0.25, 0.3) is 26.0 Å². The number of anilines is 3. The number of sulfonamides is 2. The quantitative estimate of drug-likeness (QED) is 0.369. The largest absolute Gasteiger partial charge is 0.321 e. The number of amides is 1. The Bertz CT molecular complexity index is 1680. The summed E-state index contributed by atoms with van der Waals surface area (Å²) < 4.78 is 57.5. The molecule has 10 heteroatoms. The van der Waals surface area contributed by atoms with Crippen molar-refractivity contribution < 1.29 is 21.6 Å². The highest BCUT2D eigenvalue weighted by Gasteiger charge is 2.27. The van der Waals surface area contributed by atoms with Crippen LogP contribution in [0.4, 0.5) is 17.1 Å². The molecule has 8 nitrogen and oxygen atoms in total. The van der Waals surface area contributed by atoms with Gasteiger partial charge < -0.3 is 5.32 Å². The van der Waals surface area contributed by atoms with E-state index in [1.807, 2.05) is 0 Å². The van der Waals surface area contributed by atoms with Crippen molar-refractivity contribution in [3.63, 3.8) is 0 Å². The van der Waals surface area contributed by atoms with Gasteiger partial charge in [-0.1, -0.05) is 36.4 Å². The lowest BCUT2D eigenvalue weighted by atomic mass is 10.1. The molecule has 5 rings (SSSR count). The molecule has 0 aliphatic carbocycles. The molecular weight excluding hydrogens is 474 g/mol. The molecule has 0 saturated carbocycles. The molecule has 34 heavy (non-hydrogen) atoms. The third-order valence-electron chi connectivity index (χ3n) is 5.54. The van der Waals surface area contributed by atoms with Crippen molar-refractivity contribution >= 4 is 53.8 Å². The minimum Gasteiger partial charge on any atom is -0.321 e. The Labute approximate surface area is 196 Å². The lowest BCUT2D eigenvalue weighted by Crippen LogP contribution is -2.16. The first-order valence-electron chi connectivity index (χ1n) is 10.2. The fourth-order valence-corrected chi connectivity index (χ4v) is 6.56. The molecule has 0 unspecified atom stereocenters.